The molecule has 0 aliphatic carbocycles. The number of hydrogen-bond acceptors (Lipinski definition) is 5. The number of rotatable bonds is 4. The van der Waals surface area contributed by atoms with Crippen LogP contribution in [0, 0.1) is 18.8 Å². The molecular weight excluding hydrogens is 454 g/mol. The van der Waals surface area contributed by atoms with Crippen molar-refractivity contribution < 1.29 is 19.1 Å². The van der Waals surface area contributed by atoms with E-state index in [1.165, 1.54) is 12.5 Å². The van der Waals surface area contributed by atoms with Crippen LogP contribution in [0.5, 0.6) is 11.8 Å². The molecule has 0 aliphatic heterocycles. The Bertz CT molecular complexity index is 1580. The molecule has 166 valence electrons. The number of carboxylic acid groups (broad SMARTS) is 1. The summed E-state index contributed by atoms with van der Waals surface area (Å²) in [6.45, 7) is 1.73. The van der Waals surface area contributed by atoms with Crippen molar-refractivity contribution in [2.45, 2.75) is 6.92 Å². The summed E-state index contributed by atoms with van der Waals surface area (Å²) in [5, 5.41) is 9.77. The third-order valence-corrected chi connectivity index (χ3v) is 5.46. The third kappa shape index (κ3) is 4.35. The maximum Gasteiger partial charge on any atom is 0.336 e. The van der Waals surface area contributed by atoms with E-state index in [9.17, 15) is 9.90 Å². The van der Waals surface area contributed by atoms with Crippen molar-refractivity contribution >= 4 is 28.6 Å². The number of hydrogen-bond donors (Lipinski definition) is 2. The molecule has 0 unspecified atom stereocenters. The number of carboxylic acids is 1. The highest BCUT2D eigenvalue weighted by Crippen LogP contribution is 2.27. The maximum atomic E-state index is 11.4. The fourth-order valence-corrected chi connectivity index (χ4v) is 3.58. The number of imidazole rings is 1. The minimum absolute atomic E-state index is 0.170. The minimum atomic E-state index is -1.02. The first kappa shape index (κ1) is 21.3. The van der Waals surface area contributed by atoms with Gasteiger partial charge in [0.05, 0.1) is 27.8 Å². The van der Waals surface area contributed by atoms with Gasteiger partial charge in [0, 0.05) is 16.7 Å². The average Bonchev–Trinajstić information content (AvgIpc) is 3.49. The Hall–Kier alpha value is -4.54. The number of aromatic nitrogens is 3. The lowest BCUT2D eigenvalue weighted by Crippen LogP contribution is -2.00. The highest BCUT2D eigenvalue weighted by atomic mass is 35.5. The van der Waals surface area contributed by atoms with Crippen LogP contribution >= 0.6 is 11.6 Å². The van der Waals surface area contributed by atoms with Gasteiger partial charge in [-0.25, -0.2) is 9.78 Å². The smallest absolute Gasteiger partial charge is 0.336 e. The number of halogens is 1. The molecule has 0 fully saturated rings. The molecule has 7 nitrogen and oxygen atoms in total. The quantitative estimate of drug-likeness (QED) is 0.310. The van der Waals surface area contributed by atoms with E-state index in [1.54, 1.807) is 37.4 Å². The van der Waals surface area contributed by atoms with E-state index < -0.39 is 5.97 Å². The van der Waals surface area contributed by atoms with Gasteiger partial charge < -0.3 is 19.2 Å². The van der Waals surface area contributed by atoms with Gasteiger partial charge in [-0.15, -0.1) is 0 Å². The van der Waals surface area contributed by atoms with Gasteiger partial charge in [0.1, 0.15) is 5.75 Å². The Morgan fingerprint density at radius 1 is 1.12 bits per heavy atom. The normalized spacial score (nSPS) is 10.6. The summed E-state index contributed by atoms with van der Waals surface area (Å²) in [4.78, 5) is 22.7. The summed E-state index contributed by atoms with van der Waals surface area (Å²) >= 11 is 6.42. The zero-order chi connectivity index (χ0) is 23.7. The Labute approximate surface area is 199 Å². The number of carbonyl (C=O) groups is 1. The van der Waals surface area contributed by atoms with Gasteiger partial charge in [0.2, 0.25) is 0 Å². The highest BCUT2D eigenvalue weighted by molar-refractivity contribution is 6.32. The number of benzene rings is 3. The number of nitrogens with one attached hydrogen (secondary N) is 1. The lowest BCUT2D eigenvalue weighted by molar-refractivity contribution is 0.0695. The number of nitrogens with zero attached hydrogens (tertiary/aromatic N) is 2. The molecule has 2 aromatic heterocycles. The summed E-state index contributed by atoms with van der Waals surface area (Å²) in [5.41, 5.74) is 4.47. The van der Waals surface area contributed by atoms with Crippen molar-refractivity contribution in [3.63, 3.8) is 0 Å². The average molecular weight is 470 g/mol. The molecule has 3 aromatic carbocycles. The van der Waals surface area contributed by atoms with Crippen LogP contribution in [0.15, 0.2) is 71.6 Å². The SMILES string of the molecule is Cc1ccc(Oc2nc3cc(Cl)c(C#Cc4ccc(-c5cnco5)cc4)cc3[nH]2)cc1C(=O)O. The van der Waals surface area contributed by atoms with E-state index in [0.29, 0.717) is 38.7 Å². The Balaban J connectivity index is 1.39. The zero-order valence-corrected chi connectivity index (χ0v) is 18.6. The molecule has 34 heavy (non-hydrogen) atoms. The lowest BCUT2D eigenvalue weighted by atomic mass is 10.1. The molecule has 2 N–H and O–H groups in total. The van der Waals surface area contributed by atoms with E-state index in [-0.39, 0.29) is 11.6 Å². The number of aromatic carboxylic acids is 1. The standard InChI is InChI=1S/C26H16ClN3O4/c1-15-2-9-19(11-20(15)25(31)32)34-26-29-22-10-18(21(27)12-23(22)30-26)8-5-16-3-6-17(7-4-16)24-13-28-14-33-24/h2-4,6-7,9-14H,1H3,(H,29,30)(H,31,32). The molecule has 0 radical (unpaired) electrons. The summed E-state index contributed by atoms with van der Waals surface area (Å²) < 4.78 is 11.0. The van der Waals surface area contributed by atoms with Crippen LogP contribution in [0.4, 0.5) is 0 Å². The highest BCUT2D eigenvalue weighted by Gasteiger charge is 2.12. The molecule has 0 atom stereocenters. The van der Waals surface area contributed by atoms with Gasteiger partial charge in [-0.3, -0.25) is 0 Å². The lowest BCUT2D eigenvalue weighted by Gasteiger charge is -2.05. The molecule has 0 aliphatic rings. The first-order chi connectivity index (χ1) is 16.5. The third-order valence-electron chi connectivity index (χ3n) is 5.15. The van der Waals surface area contributed by atoms with Crippen LogP contribution in [0.2, 0.25) is 5.02 Å². The fourth-order valence-electron chi connectivity index (χ4n) is 3.37. The monoisotopic (exact) mass is 469 g/mol. The van der Waals surface area contributed by atoms with Crippen LogP contribution in [0.3, 0.4) is 0 Å². The van der Waals surface area contributed by atoms with Crippen molar-refractivity contribution in [1.29, 1.82) is 0 Å². The van der Waals surface area contributed by atoms with Gasteiger partial charge in [-0.2, -0.15) is 4.98 Å². The van der Waals surface area contributed by atoms with E-state index in [1.807, 2.05) is 24.3 Å². The van der Waals surface area contributed by atoms with Gasteiger partial charge in [-0.05, 0) is 61.0 Å². The first-order valence-corrected chi connectivity index (χ1v) is 10.6. The van der Waals surface area contributed by atoms with Crippen LogP contribution in [-0.4, -0.2) is 26.0 Å². The van der Waals surface area contributed by atoms with Crippen LogP contribution in [-0.2, 0) is 0 Å². The predicted octanol–water partition coefficient (Wildman–Crippen LogP) is 6.07. The molecule has 0 saturated heterocycles. The van der Waals surface area contributed by atoms with Crippen LogP contribution in [0.25, 0.3) is 22.4 Å². The molecular formula is C26H16ClN3O4. The minimum Gasteiger partial charge on any atom is -0.478 e. The second kappa shape index (κ2) is 8.77. The Morgan fingerprint density at radius 3 is 2.68 bits per heavy atom. The first-order valence-electron chi connectivity index (χ1n) is 10.2. The molecule has 2 heterocycles. The number of ether oxygens (including phenoxy) is 1. The van der Waals surface area contributed by atoms with Crippen molar-refractivity contribution in [2.24, 2.45) is 0 Å². The van der Waals surface area contributed by atoms with Crippen molar-refractivity contribution in [2.75, 3.05) is 0 Å². The van der Waals surface area contributed by atoms with Gasteiger partial charge in [0.25, 0.3) is 6.01 Å². The molecule has 0 spiro atoms. The summed E-state index contributed by atoms with van der Waals surface area (Å²) in [6.07, 6.45) is 3.04. The van der Waals surface area contributed by atoms with Gasteiger partial charge in [0.15, 0.2) is 12.2 Å². The van der Waals surface area contributed by atoms with Crippen LogP contribution < -0.4 is 4.74 Å². The Morgan fingerprint density at radius 2 is 1.94 bits per heavy atom. The van der Waals surface area contributed by atoms with Crippen LogP contribution in [0.1, 0.15) is 27.0 Å². The molecule has 5 rings (SSSR count). The number of oxazole rings is 1. The number of H-pyrrole nitrogens is 1. The summed E-state index contributed by atoms with van der Waals surface area (Å²) in [6, 6.07) is 16.2. The predicted molar refractivity (Wildman–Crippen MR) is 127 cm³/mol. The second-order valence-electron chi connectivity index (χ2n) is 7.47. The molecule has 0 bridgehead atoms. The van der Waals surface area contributed by atoms with Crippen molar-refractivity contribution in [3.8, 4) is 34.9 Å². The molecule has 8 heteroatoms. The van der Waals surface area contributed by atoms with Crippen molar-refractivity contribution in [3.05, 3.63) is 94.5 Å². The Kier molecular flexibility index (Phi) is 5.50. The second-order valence-corrected chi connectivity index (χ2v) is 7.88. The topological polar surface area (TPSA) is 101 Å². The van der Waals surface area contributed by atoms with E-state index >= 15 is 0 Å². The van der Waals surface area contributed by atoms with Gasteiger partial charge >= 0.3 is 5.97 Å². The maximum absolute atomic E-state index is 11.4. The number of fused-ring (bicyclic) bond motifs is 1. The summed E-state index contributed by atoms with van der Waals surface area (Å²) in [5.74, 6) is 6.23. The fraction of sp³-hybridized carbons (Fsp3) is 0.0385. The van der Waals surface area contributed by atoms with E-state index in [2.05, 4.69) is 26.8 Å². The van der Waals surface area contributed by atoms with Crippen molar-refractivity contribution in [1.82, 2.24) is 15.0 Å². The van der Waals surface area contributed by atoms with Gasteiger partial charge in [-0.1, -0.05) is 29.5 Å². The molecule has 0 amide bonds. The number of aryl methyl sites for hydroxylation is 1. The van der Waals surface area contributed by atoms with E-state index in [0.717, 1.165) is 11.1 Å². The molecule has 5 aromatic rings. The number of aromatic amines is 1. The largest absolute Gasteiger partial charge is 0.478 e. The van der Waals surface area contributed by atoms with E-state index in [4.69, 9.17) is 20.8 Å². The zero-order valence-electron chi connectivity index (χ0n) is 17.8. The summed E-state index contributed by atoms with van der Waals surface area (Å²) in [7, 11) is 0. The molecule has 0 saturated carbocycles.